The Hall–Kier alpha value is -2.47. The summed E-state index contributed by atoms with van der Waals surface area (Å²) < 4.78 is 10.6. The van der Waals surface area contributed by atoms with E-state index >= 15 is 0 Å². The molecule has 0 N–H and O–H groups in total. The third-order valence-electron chi connectivity index (χ3n) is 2.95. The second-order valence-electron chi connectivity index (χ2n) is 4.71. The van der Waals surface area contributed by atoms with Gasteiger partial charge in [0.1, 0.15) is 18.6 Å². The molecule has 1 aromatic carbocycles. The van der Waals surface area contributed by atoms with Crippen molar-refractivity contribution in [3.05, 3.63) is 58.4 Å². The maximum absolute atomic E-state index is 11.8. The van der Waals surface area contributed by atoms with Gasteiger partial charge in [-0.05, 0) is 19.1 Å². The third kappa shape index (κ3) is 3.59. The summed E-state index contributed by atoms with van der Waals surface area (Å²) in [5.41, 5.74) is 2.21. The molecule has 0 aliphatic rings. The van der Waals surface area contributed by atoms with Crippen molar-refractivity contribution in [2.75, 3.05) is 0 Å². The van der Waals surface area contributed by atoms with Gasteiger partial charge < -0.3 is 9.15 Å². The molecule has 0 fully saturated rings. The molecule has 22 heavy (non-hydrogen) atoms. The highest BCUT2D eigenvalue weighted by Gasteiger charge is 2.11. The minimum absolute atomic E-state index is 0.0955. The number of oxazole rings is 1. The van der Waals surface area contributed by atoms with Gasteiger partial charge in [0.15, 0.2) is 0 Å². The molecule has 0 aliphatic carbocycles. The Morgan fingerprint density at radius 2 is 2.05 bits per heavy atom. The van der Waals surface area contributed by atoms with Crippen molar-refractivity contribution < 1.29 is 13.9 Å². The number of aromatic nitrogens is 2. The summed E-state index contributed by atoms with van der Waals surface area (Å²) in [6.45, 7) is 2.00. The van der Waals surface area contributed by atoms with Crippen LogP contribution in [0, 0.1) is 6.92 Å². The molecule has 0 atom stereocenters. The molecule has 0 saturated carbocycles. The number of rotatable bonds is 5. The monoisotopic (exact) mass is 314 g/mol. The Morgan fingerprint density at radius 3 is 2.77 bits per heavy atom. The molecule has 3 aromatic rings. The number of hydrogen-bond donors (Lipinski definition) is 0. The average molecular weight is 314 g/mol. The van der Waals surface area contributed by atoms with Crippen molar-refractivity contribution in [1.82, 2.24) is 9.97 Å². The highest BCUT2D eigenvalue weighted by molar-refractivity contribution is 7.09. The molecule has 0 unspecified atom stereocenters. The van der Waals surface area contributed by atoms with Crippen molar-refractivity contribution in [3.8, 4) is 11.5 Å². The minimum Gasteiger partial charge on any atom is -0.459 e. The maximum atomic E-state index is 11.8. The van der Waals surface area contributed by atoms with Gasteiger partial charge in [0.2, 0.25) is 5.89 Å². The van der Waals surface area contributed by atoms with Crippen molar-refractivity contribution >= 4 is 17.3 Å². The molecule has 0 amide bonds. The summed E-state index contributed by atoms with van der Waals surface area (Å²) in [5.74, 6) is 0.191. The molecule has 2 heterocycles. The number of carbonyl (C=O) groups is 1. The molecule has 0 bridgehead atoms. The normalized spacial score (nSPS) is 10.6. The van der Waals surface area contributed by atoms with E-state index in [9.17, 15) is 4.79 Å². The maximum Gasteiger partial charge on any atom is 0.312 e. The number of ether oxygens (including phenoxy) is 1. The van der Waals surface area contributed by atoms with Gasteiger partial charge in [-0.15, -0.1) is 11.3 Å². The molecule has 0 aliphatic heterocycles. The third-order valence-corrected chi connectivity index (χ3v) is 3.77. The lowest BCUT2D eigenvalue weighted by Crippen LogP contribution is -2.08. The summed E-state index contributed by atoms with van der Waals surface area (Å²) in [4.78, 5) is 20.3. The zero-order valence-electron chi connectivity index (χ0n) is 12.0. The summed E-state index contributed by atoms with van der Waals surface area (Å²) in [5, 5.41) is 2.80. The van der Waals surface area contributed by atoms with E-state index in [2.05, 4.69) is 9.97 Å². The number of esters is 1. The van der Waals surface area contributed by atoms with Gasteiger partial charge in [-0.3, -0.25) is 4.79 Å². The number of hydrogen-bond acceptors (Lipinski definition) is 6. The topological polar surface area (TPSA) is 65.2 Å². The molecular weight excluding hydrogens is 300 g/mol. The van der Waals surface area contributed by atoms with Crippen LogP contribution in [0.15, 0.2) is 46.4 Å². The van der Waals surface area contributed by atoms with E-state index in [1.54, 1.807) is 0 Å². The fraction of sp³-hybridized carbons (Fsp3) is 0.188. The van der Waals surface area contributed by atoms with Crippen LogP contribution in [0.3, 0.4) is 0 Å². The first kappa shape index (κ1) is 14.5. The second-order valence-corrected chi connectivity index (χ2v) is 5.77. The van der Waals surface area contributed by atoms with E-state index in [0.717, 1.165) is 16.3 Å². The van der Waals surface area contributed by atoms with Gasteiger partial charge >= 0.3 is 5.97 Å². The molecule has 112 valence electrons. The number of aryl methyl sites for hydroxylation is 1. The van der Waals surface area contributed by atoms with Gasteiger partial charge in [0.25, 0.3) is 0 Å². The lowest BCUT2D eigenvalue weighted by molar-refractivity contribution is -0.144. The van der Waals surface area contributed by atoms with Crippen LogP contribution in [0.25, 0.3) is 11.5 Å². The Kier molecular flexibility index (Phi) is 4.29. The molecule has 0 saturated heterocycles. The molecule has 3 rings (SSSR count). The Labute approximate surface area is 131 Å². The Bertz CT molecular complexity index is 765. The van der Waals surface area contributed by atoms with E-state index in [1.807, 2.05) is 42.6 Å². The van der Waals surface area contributed by atoms with E-state index < -0.39 is 0 Å². The van der Waals surface area contributed by atoms with E-state index in [-0.39, 0.29) is 19.0 Å². The second kappa shape index (κ2) is 6.53. The van der Waals surface area contributed by atoms with Gasteiger partial charge in [-0.25, -0.2) is 9.97 Å². The summed E-state index contributed by atoms with van der Waals surface area (Å²) in [6, 6.07) is 9.57. The van der Waals surface area contributed by atoms with Crippen molar-refractivity contribution in [2.45, 2.75) is 20.0 Å². The number of carbonyl (C=O) groups excluding carboxylic acids is 1. The molecule has 6 heteroatoms. The fourth-order valence-electron chi connectivity index (χ4n) is 1.93. The van der Waals surface area contributed by atoms with Crippen LogP contribution in [0.1, 0.15) is 16.4 Å². The first-order valence-corrected chi connectivity index (χ1v) is 7.65. The Morgan fingerprint density at radius 1 is 1.23 bits per heavy atom. The zero-order valence-corrected chi connectivity index (χ0v) is 12.8. The Balaban J connectivity index is 1.56. The van der Waals surface area contributed by atoms with Crippen molar-refractivity contribution in [3.63, 3.8) is 0 Å². The highest BCUT2D eigenvalue weighted by Crippen LogP contribution is 2.18. The summed E-state index contributed by atoms with van der Waals surface area (Å²) >= 11 is 1.52. The predicted molar refractivity (Wildman–Crippen MR) is 82.3 cm³/mol. The minimum atomic E-state index is -0.324. The van der Waals surface area contributed by atoms with Gasteiger partial charge in [0.05, 0.1) is 17.1 Å². The van der Waals surface area contributed by atoms with Crippen LogP contribution in [-0.2, 0) is 22.6 Å². The molecule has 0 radical (unpaired) electrons. The smallest absolute Gasteiger partial charge is 0.312 e. The van der Waals surface area contributed by atoms with E-state index in [0.29, 0.717) is 11.6 Å². The quantitative estimate of drug-likeness (QED) is 0.675. The summed E-state index contributed by atoms with van der Waals surface area (Å²) in [7, 11) is 0. The first-order chi connectivity index (χ1) is 10.7. The highest BCUT2D eigenvalue weighted by atomic mass is 32.1. The fourth-order valence-corrected chi connectivity index (χ4v) is 2.54. The van der Waals surface area contributed by atoms with Gasteiger partial charge in [-0.2, -0.15) is 0 Å². The van der Waals surface area contributed by atoms with E-state index in [4.69, 9.17) is 9.15 Å². The molecule has 2 aromatic heterocycles. The van der Waals surface area contributed by atoms with Crippen LogP contribution in [0.4, 0.5) is 0 Å². The van der Waals surface area contributed by atoms with Crippen LogP contribution in [-0.4, -0.2) is 15.9 Å². The van der Waals surface area contributed by atoms with Crippen LogP contribution >= 0.6 is 11.3 Å². The van der Waals surface area contributed by atoms with Crippen molar-refractivity contribution in [1.29, 1.82) is 0 Å². The SMILES string of the molecule is Cc1nc(CC(=O)OCc2coc(-c3ccccc3)n2)cs1. The molecule has 5 nitrogen and oxygen atoms in total. The zero-order chi connectivity index (χ0) is 15.4. The van der Waals surface area contributed by atoms with Gasteiger partial charge in [0, 0.05) is 10.9 Å². The first-order valence-electron chi connectivity index (χ1n) is 6.77. The van der Waals surface area contributed by atoms with Crippen LogP contribution in [0.5, 0.6) is 0 Å². The van der Waals surface area contributed by atoms with E-state index in [1.165, 1.54) is 17.6 Å². The average Bonchev–Trinajstić information content (AvgIpc) is 3.15. The lowest BCUT2D eigenvalue weighted by atomic mass is 10.2. The molecular formula is C16H14N2O3S. The number of thiazole rings is 1. The van der Waals surface area contributed by atoms with Crippen LogP contribution in [0.2, 0.25) is 0 Å². The standard InChI is InChI=1S/C16H14N2O3S/c1-11-17-13(10-22-11)7-15(19)20-8-14-9-21-16(18-14)12-5-3-2-4-6-12/h2-6,9-10H,7-8H2,1H3. The number of nitrogens with zero attached hydrogens (tertiary/aromatic N) is 2. The van der Waals surface area contributed by atoms with Crippen molar-refractivity contribution in [2.24, 2.45) is 0 Å². The van der Waals surface area contributed by atoms with Crippen LogP contribution < -0.4 is 0 Å². The number of benzene rings is 1. The van der Waals surface area contributed by atoms with Gasteiger partial charge in [-0.1, -0.05) is 18.2 Å². The molecule has 0 spiro atoms. The lowest BCUT2D eigenvalue weighted by Gasteiger charge is -2.00. The predicted octanol–water partition coefficient (Wildman–Crippen LogP) is 3.39. The summed E-state index contributed by atoms with van der Waals surface area (Å²) in [6.07, 6.45) is 1.68. The largest absolute Gasteiger partial charge is 0.459 e.